The molecule has 10 heteroatoms. The Kier molecular flexibility index (Phi) is 4.67. The van der Waals surface area contributed by atoms with E-state index in [1.54, 1.807) is 0 Å². The fourth-order valence-corrected chi connectivity index (χ4v) is 1.97. The molecule has 0 spiro atoms. The Bertz CT molecular complexity index is 793. The van der Waals surface area contributed by atoms with Crippen LogP contribution in [0.1, 0.15) is 15.9 Å². The summed E-state index contributed by atoms with van der Waals surface area (Å²) in [6, 6.07) is 6.35. The van der Waals surface area contributed by atoms with Gasteiger partial charge in [0, 0.05) is 11.8 Å². The Morgan fingerprint density at radius 3 is 2.62 bits per heavy atom. The minimum absolute atomic E-state index is 0.00929. The number of rotatable bonds is 5. The lowest BCUT2D eigenvalue weighted by Crippen LogP contribution is -2.15. The van der Waals surface area contributed by atoms with Gasteiger partial charge < -0.3 is 11.1 Å². The van der Waals surface area contributed by atoms with Crippen LogP contribution >= 0.6 is 0 Å². The summed E-state index contributed by atoms with van der Waals surface area (Å²) in [5.41, 5.74) is 4.73. The quantitative estimate of drug-likeness (QED) is 0.642. The van der Waals surface area contributed by atoms with Crippen molar-refractivity contribution in [1.82, 2.24) is 4.98 Å². The number of nitrogens with one attached hydrogen (secondary N) is 1. The van der Waals surface area contributed by atoms with Crippen molar-refractivity contribution in [3.63, 3.8) is 0 Å². The van der Waals surface area contributed by atoms with Gasteiger partial charge in [0.15, 0.2) is 0 Å². The predicted molar refractivity (Wildman–Crippen MR) is 78.9 cm³/mol. The van der Waals surface area contributed by atoms with Crippen molar-refractivity contribution in [3.8, 4) is 0 Å². The molecule has 1 aromatic heterocycles. The highest BCUT2D eigenvalue weighted by atomic mass is 19.4. The Balaban J connectivity index is 2.32. The van der Waals surface area contributed by atoms with E-state index in [4.69, 9.17) is 5.73 Å². The van der Waals surface area contributed by atoms with Crippen LogP contribution < -0.4 is 11.1 Å². The van der Waals surface area contributed by atoms with E-state index in [-0.39, 0.29) is 22.6 Å². The number of alkyl halides is 3. The van der Waals surface area contributed by atoms with Gasteiger partial charge in [-0.15, -0.1) is 0 Å². The molecule has 7 nitrogen and oxygen atoms in total. The maximum absolute atomic E-state index is 12.4. The summed E-state index contributed by atoms with van der Waals surface area (Å²) >= 11 is 0. The number of pyridine rings is 1. The standard InChI is InChI=1S/C14H11F3N4O3/c15-14(16,17)6-8-2-1-3-9(4-8)20-13-11(12(18)22)5-10(7-19-13)21(23)24/h1-5,7H,6H2,(H2,18,22)(H,19,20). The zero-order chi connectivity index (χ0) is 17.9. The molecule has 0 unspecified atom stereocenters. The number of amides is 1. The van der Waals surface area contributed by atoms with E-state index in [0.717, 1.165) is 12.3 Å². The third-order valence-corrected chi connectivity index (χ3v) is 2.94. The molecule has 1 amide bonds. The van der Waals surface area contributed by atoms with Crippen molar-refractivity contribution in [2.45, 2.75) is 12.6 Å². The van der Waals surface area contributed by atoms with E-state index in [1.807, 2.05) is 0 Å². The molecular weight excluding hydrogens is 329 g/mol. The van der Waals surface area contributed by atoms with Gasteiger partial charge in [0.2, 0.25) is 0 Å². The molecule has 0 saturated carbocycles. The topological polar surface area (TPSA) is 111 Å². The van der Waals surface area contributed by atoms with Gasteiger partial charge in [-0.2, -0.15) is 13.2 Å². The van der Waals surface area contributed by atoms with E-state index in [2.05, 4.69) is 10.3 Å². The number of carbonyl (C=O) groups is 1. The molecule has 126 valence electrons. The number of nitrogens with two attached hydrogens (primary N) is 1. The van der Waals surface area contributed by atoms with Crippen molar-refractivity contribution in [1.29, 1.82) is 0 Å². The minimum Gasteiger partial charge on any atom is -0.365 e. The molecule has 1 aromatic carbocycles. The summed E-state index contributed by atoms with van der Waals surface area (Å²) in [4.78, 5) is 25.1. The average Bonchev–Trinajstić information content (AvgIpc) is 2.45. The molecule has 2 aromatic rings. The predicted octanol–water partition coefficient (Wildman–Crippen LogP) is 2.94. The van der Waals surface area contributed by atoms with Crippen molar-refractivity contribution < 1.29 is 22.9 Å². The summed E-state index contributed by atoms with van der Waals surface area (Å²) < 4.78 is 37.3. The number of nitrogens with zero attached hydrogens (tertiary/aromatic N) is 2. The lowest BCUT2D eigenvalue weighted by atomic mass is 10.1. The number of halogens is 3. The second kappa shape index (κ2) is 6.52. The maximum atomic E-state index is 12.4. The number of hydrogen-bond donors (Lipinski definition) is 2. The van der Waals surface area contributed by atoms with Crippen LogP contribution in [0, 0.1) is 10.1 Å². The average molecular weight is 340 g/mol. The molecule has 2 rings (SSSR count). The normalized spacial score (nSPS) is 11.1. The third-order valence-electron chi connectivity index (χ3n) is 2.94. The second-order valence-electron chi connectivity index (χ2n) is 4.83. The van der Waals surface area contributed by atoms with Crippen LogP contribution in [0.25, 0.3) is 0 Å². The summed E-state index contributed by atoms with van der Waals surface area (Å²) in [5.74, 6) is -1.04. The van der Waals surface area contributed by atoms with Gasteiger partial charge in [0.25, 0.3) is 11.6 Å². The van der Waals surface area contributed by atoms with Crippen LogP contribution in [-0.2, 0) is 6.42 Å². The zero-order valence-electron chi connectivity index (χ0n) is 12.0. The highest BCUT2D eigenvalue weighted by Crippen LogP contribution is 2.26. The largest absolute Gasteiger partial charge is 0.393 e. The number of nitro groups is 1. The smallest absolute Gasteiger partial charge is 0.365 e. The molecule has 0 atom stereocenters. The zero-order valence-corrected chi connectivity index (χ0v) is 12.0. The van der Waals surface area contributed by atoms with Gasteiger partial charge in [-0.25, -0.2) is 4.98 Å². The first-order valence-corrected chi connectivity index (χ1v) is 6.52. The second-order valence-corrected chi connectivity index (χ2v) is 4.83. The Morgan fingerprint density at radius 2 is 2.04 bits per heavy atom. The number of hydrogen-bond acceptors (Lipinski definition) is 5. The van der Waals surface area contributed by atoms with E-state index in [1.165, 1.54) is 24.3 Å². The van der Waals surface area contributed by atoms with Gasteiger partial charge in [0.05, 0.1) is 16.9 Å². The summed E-state index contributed by atoms with van der Waals surface area (Å²) in [5, 5.41) is 13.4. The molecule has 0 bridgehead atoms. The van der Waals surface area contributed by atoms with Gasteiger partial charge in [-0.05, 0) is 17.7 Å². The number of benzene rings is 1. The molecule has 0 fully saturated rings. The fraction of sp³-hybridized carbons (Fsp3) is 0.143. The molecule has 0 radical (unpaired) electrons. The first-order chi connectivity index (χ1) is 11.2. The third kappa shape index (κ3) is 4.41. The summed E-state index contributed by atoms with van der Waals surface area (Å²) in [6.07, 6.45) is -4.56. The lowest BCUT2D eigenvalue weighted by Gasteiger charge is -2.11. The van der Waals surface area contributed by atoms with Crippen molar-refractivity contribution in [2.75, 3.05) is 5.32 Å². The fourth-order valence-electron chi connectivity index (χ4n) is 1.97. The first kappa shape index (κ1) is 17.2. The highest BCUT2D eigenvalue weighted by molar-refractivity contribution is 5.98. The van der Waals surface area contributed by atoms with Gasteiger partial charge in [-0.1, -0.05) is 12.1 Å². The van der Waals surface area contributed by atoms with E-state index in [0.29, 0.717) is 0 Å². The first-order valence-electron chi connectivity index (χ1n) is 6.52. The molecule has 0 aliphatic rings. The van der Waals surface area contributed by atoms with Gasteiger partial charge in [0.1, 0.15) is 12.0 Å². The van der Waals surface area contributed by atoms with Crippen LogP contribution in [0.15, 0.2) is 36.5 Å². The summed E-state index contributed by atoms with van der Waals surface area (Å²) in [6.45, 7) is 0. The molecular formula is C14H11F3N4O3. The Morgan fingerprint density at radius 1 is 1.33 bits per heavy atom. The molecule has 0 aliphatic heterocycles. The lowest BCUT2D eigenvalue weighted by molar-refractivity contribution is -0.385. The molecule has 3 N–H and O–H groups in total. The maximum Gasteiger partial charge on any atom is 0.393 e. The minimum atomic E-state index is -4.36. The van der Waals surface area contributed by atoms with E-state index < -0.39 is 29.1 Å². The Labute approximate surface area is 133 Å². The number of aromatic nitrogens is 1. The van der Waals surface area contributed by atoms with Crippen molar-refractivity contribution >= 4 is 23.1 Å². The van der Waals surface area contributed by atoms with Crippen LogP contribution in [0.2, 0.25) is 0 Å². The van der Waals surface area contributed by atoms with Crippen molar-refractivity contribution in [3.05, 3.63) is 57.8 Å². The Hall–Kier alpha value is -3.17. The van der Waals surface area contributed by atoms with E-state index >= 15 is 0 Å². The van der Waals surface area contributed by atoms with Gasteiger partial charge >= 0.3 is 6.18 Å². The molecule has 1 heterocycles. The van der Waals surface area contributed by atoms with Crippen LogP contribution in [0.4, 0.5) is 30.4 Å². The van der Waals surface area contributed by atoms with Gasteiger partial charge in [-0.3, -0.25) is 14.9 Å². The molecule has 0 saturated heterocycles. The van der Waals surface area contributed by atoms with Crippen LogP contribution in [-0.4, -0.2) is 22.0 Å². The number of primary amides is 1. The van der Waals surface area contributed by atoms with E-state index in [9.17, 15) is 28.1 Å². The van der Waals surface area contributed by atoms with Crippen LogP contribution in [0.3, 0.4) is 0 Å². The molecule has 24 heavy (non-hydrogen) atoms. The summed E-state index contributed by atoms with van der Waals surface area (Å²) in [7, 11) is 0. The SMILES string of the molecule is NC(=O)c1cc([N+](=O)[O-])cnc1Nc1cccc(CC(F)(F)F)c1. The monoisotopic (exact) mass is 340 g/mol. The van der Waals surface area contributed by atoms with Crippen molar-refractivity contribution in [2.24, 2.45) is 5.73 Å². The number of carbonyl (C=O) groups excluding carboxylic acids is 1. The van der Waals surface area contributed by atoms with Crippen LogP contribution in [0.5, 0.6) is 0 Å². The highest BCUT2D eigenvalue weighted by Gasteiger charge is 2.27. The number of anilines is 2. The molecule has 0 aliphatic carbocycles.